The number of hydrogen-bond acceptors (Lipinski definition) is 4. The molecule has 3 nitrogen and oxygen atoms in total. The average Bonchev–Trinajstić information content (AvgIpc) is 2.97. The highest BCUT2D eigenvalue weighted by molar-refractivity contribution is 8.00. The first-order valence-corrected chi connectivity index (χ1v) is 16.2. The molecule has 39 heavy (non-hydrogen) atoms. The number of allylic oxidation sites excluding steroid dienone is 2. The maximum absolute atomic E-state index is 13.2. The van der Waals surface area contributed by atoms with E-state index in [1.807, 2.05) is 30.3 Å². The third kappa shape index (κ3) is 11.3. The van der Waals surface area contributed by atoms with Crippen molar-refractivity contribution in [2.24, 2.45) is 0 Å². The van der Waals surface area contributed by atoms with Crippen LogP contribution in [0.3, 0.4) is 0 Å². The van der Waals surface area contributed by atoms with Crippen LogP contribution in [-0.4, -0.2) is 23.3 Å². The van der Waals surface area contributed by atoms with Gasteiger partial charge < -0.3 is 9.47 Å². The Morgan fingerprint density at radius 3 is 1.97 bits per heavy atom. The zero-order chi connectivity index (χ0) is 27.6. The molecule has 0 unspecified atom stereocenters. The molecule has 0 bridgehead atoms. The fourth-order valence-electron chi connectivity index (χ4n) is 4.76. The molecule has 0 saturated heterocycles. The Bertz CT molecular complexity index is 982. The summed E-state index contributed by atoms with van der Waals surface area (Å²) < 4.78 is 12.1. The molecular weight excluding hydrogens is 500 g/mol. The molecule has 0 amide bonds. The molecule has 0 atom stereocenters. The summed E-state index contributed by atoms with van der Waals surface area (Å²) in [5.74, 6) is 1.64. The van der Waals surface area contributed by atoms with E-state index in [9.17, 15) is 4.79 Å². The van der Waals surface area contributed by atoms with Crippen LogP contribution in [0.5, 0.6) is 5.75 Å². The van der Waals surface area contributed by atoms with E-state index in [0.29, 0.717) is 12.2 Å². The van der Waals surface area contributed by atoms with Crippen molar-refractivity contribution >= 4 is 17.7 Å². The van der Waals surface area contributed by atoms with Crippen LogP contribution in [0.1, 0.15) is 113 Å². The van der Waals surface area contributed by atoms with E-state index < -0.39 is 4.93 Å². The number of unbranched alkanes of at least 4 members (excludes halogenated alkanes) is 10. The van der Waals surface area contributed by atoms with Gasteiger partial charge in [-0.25, -0.2) is 4.79 Å². The maximum atomic E-state index is 13.2. The summed E-state index contributed by atoms with van der Waals surface area (Å²) in [6.45, 7) is 5.20. The lowest BCUT2D eigenvalue weighted by atomic mass is 9.94. The molecule has 2 aromatic carbocycles. The predicted octanol–water partition coefficient (Wildman–Crippen LogP) is 10.3. The van der Waals surface area contributed by atoms with E-state index in [-0.39, 0.29) is 11.9 Å². The Labute approximate surface area is 241 Å². The van der Waals surface area contributed by atoms with Gasteiger partial charge in [-0.2, -0.15) is 0 Å². The molecular formula is C35H48O3S. The van der Waals surface area contributed by atoms with Gasteiger partial charge in [0.1, 0.15) is 5.75 Å². The van der Waals surface area contributed by atoms with Crippen LogP contribution >= 0.6 is 11.8 Å². The molecule has 0 saturated carbocycles. The van der Waals surface area contributed by atoms with Crippen LogP contribution in [0.15, 0.2) is 78.9 Å². The van der Waals surface area contributed by atoms with Crippen molar-refractivity contribution < 1.29 is 14.3 Å². The molecule has 0 N–H and O–H groups in total. The van der Waals surface area contributed by atoms with Crippen LogP contribution in [-0.2, 0) is 4.74 Å². The zero-order valence-corrected chi connectivity index (χ0v) is 24.9. The predicted molar refractivity (Wildman–Crippen MR) is 167 cm³/mol. The van der Waals surface area contributed by atoms with Crippen molar-refractivity contribution in [1.29, 1.82) is 0 Å². The van der Waals surface area contributed by atoms with Crippen LogP contribution < -0.4 is 4.74 Å². The van der Waals surface area contributed by atoms with Crippen molar-refractivity contribution in [2.45, 2.75) is 102 Å². The van der Waals surface area contributed by atoms with Gasteiger partial charge >= 0.3 is 5.97 Å². The molecule has 1 aliphatic rings. The van der Waals surface area contributed by atoms with E-state index in [1.165, 1.54) is 69.8 Å². The number of ether oxygens (including phenoxy) is 2. The third-order valence-electron chi connectivity index (χ3n) is 7.19. The van der Waals surface area contributed by atoms with Gasteiger partial charge in [0.2, 0.25) is 0 Å². The van der Waals surface area contributed by atoms with Crippen molar-refractivity contribution in [1.82, 2.24) is 0 Å². The Morgan fingerprint density at radius 1 is 0.744 bits per heavy atom. The number of rotatable bonds is 19. The minimum atomic E-state index is -0.779. The van der Waals surface area contributed by atoms with Crippen molar-refractivity contribution in [2.75, 3.05) is 12.4 Å². The molecule has 212 valence electrons. The van der Waals surface area contributed by atoms with Crippen LogP contribution in [0.2, 0.25) is 0 Å². The van der Waals surface area contributed by atoms with Gasteiger partial charge in [-0.05, 0) is 60.6 Å². The Kier molecular flexibility index (Phi) is 14.3. The summed E-state index contributed by atoms with van der Waals surface area (Å²) in [5.41, 5.74) is 1.79. The molecule has 0 aliphatic heterocycles. The van der Waals surface area contributed by atoms with Crippen molar-refractivity contribution in [3.63, 3.8) is 0 Å². The van der Waals surface area contributed by atoms with Gasteiger partial charge in [-0.15, -0.1) is 11.8 Å². The second kappa shape index (κ2) is 18.0. The van der Waals surface area contributed by atoms with Gasteiger partial charge in [0, 0.05) is 5.92 Å². The van der Waals surface area contributed by atoms with Crippen LogP contribution in [0.25, 0.3) is 0 Å². The fourth-order valence-corrected chi connectivity index (χ4v) is 5.92. The lowest BCUT2D eigenvalue weighted by molar-refractivity contribution is 0.0406. The Balaban J connectivity index is 1.55. The average molecular weight is 549 g/mol. The number of benzene rings is 2. The fraction of sp³-hybridized carbons (Fsp3) is 0.514. The topological polar surface area (TPSA) is 35.5 Å². The van der Waals surface area contributed by atoms with Crippen molar-refractivity contribution in [3.8, 4) is 5.75 Å². The summed E-state index contributed by atoms with van der Waals surface area (Å²) in [4.78, 5) is 12.5. The Hall–Kier alpha value is -2.46. The monoisotopic (exact) mass is 548 g/mol. The first-order valence-electron chi connectivity index (χ1n) is 15.2. The molecule has 0 heterocycles. The first kappa shape index (κ1) is 31.1. The van der Waals surface area contributed by atoms with Gasteiger partial charge in [-0.3, -0.25) is 0 Å². The second-order valence-corrected chi connectivity index (χ2v) is 11.9. The summed E-state index contributed by atoms with van der Waals surface area (Å²) in [7, 11) is 0. The molecule has 0 aromatic heterocycles. The molecule has 4 heteroatoms. The van der Waals surface area contributed by atoms with E-state index in [0.717, 1.165) is 24.3 Å². The zero-order valence-electron chi connectivity index (χ0n) is 24.1. The van der Waals surface area contributed by atoms with Gasteiger partial charge in [0.25, 0.3) is 0 Å². The van der Waals surface area contributed by atoms with Crippen LogP contribution in [0.4, 0.5) is 0 Å². The molecule has 0 radical (unpaired) electrons. The highest BCUT2D eigenvalue weighted by Gasteiger charge is 2.32. The van der Waals surface area contributed by atoms with E-state index >= 15 is 0 Å². The normalized spacial score (nSPS) is 18.3. The number of carbonyl (C=O) groups excluding carboxylic acids is 1. The van der Waals surface area contributed by atoms with Gasteiger partial charge in [0.05, 0.1) is 12.2 Å². The highest BCUT2D eigenvalue weighted by Crippen LogP contribution is 2.38. The molecule has 0 fully saturated rings. The maximum Gasteiger partial charge on any atom is 0.340 e. The summed E-state index contributed by atoms with van der Waals surface area (Å²) in [6.07, 6.45) is 23.4. The quantitative estimate of drug-likeness (QED) is 0.0757. The number of carbonyl (C=O) groups is 1. The SMILES string of the molecule is CCCCCCCCOc1ccc(C(=O)OC2(SCCCCCCCC)C=CC(c3ccccc3)C=C2)cc1. The lowest BCUT2D eigenvalue weighted by Crippen LogP contribution is -2.29. The third-order valence-corrected chi connectivity index (χ3v) is 8.49. The van der Waals surface area contributed by atoms with E-state index in [2.05, 4.69) is 62.4 Å². The molecule has 2 aromatic rings. The van der Waals surface area contributed by atoms with Gasteiger partial charge in [-0.1, -0.05) is 121 Å². The standard InChI is InChI=1S/C35H48O3S/c1-3-5-7-9-11-16-28-37-33-22-20-32(21-23-33)34(36)38-35(39-29-17-12-10-8-6-4-2)26-24-31(25-27-35)30-18-14-13-15-19-30/h13-15,18-27,31H,3-12,16-17,28-29H2,1-2H3. The first-order chi connectivity index (χ1) is 19.2. The minimum Gasteiger partial charge on any atom is -0.494 e. The van der Waals surface area contributed by atoms with Gasteiger partial charge in [0.15, 0.2) is 4.93 Å². The number of thioether (sulfide) groups is 1. The minimum absolute atomic E-state index is 0.191. The van der Waals surface area contributed by atoms with E-state index in [1.54, 1.807) is 11.8 Å². The van der Waals surface area contributed by atoms with Crippen molar-refractivity contribution in [3.05, 3.63) is 90.0 Å². The largest absolute Gasteiger partial charge is 0.494 e. The number of esters is 1. The molecule has 0 spiro atoms. The summed E-state index contributed by atoms with van der Waals surface area (Å²) in [5, 5.41) is 0. The van der Waals surface area contributed by atoms with E-state index in [4.69, 9.17) is 9.47 Å². The smallest absolute Gasteiger partial charge is 0.340 e. The Morgan fingerprint density at radius 2 is 1.33 bits per heavy atom. The number of hydrogen-bond donors (Lipinski definition) is 0. The molecule has 1 aliphatic carbocycles. The summed E-state index contributed by atoms with van der Waals surface area (Å²) >= 11 is 1.71. The molecule has 3 rings (SSSR count). The second-order valence-electron chi connectivity index (χ2n) is 10.5. The summed E-state index contributed by atoms with van der Waals surface area (Å²) in [6, 6.07) is 17.8. The lowest BCUT2D eigenvalue weighted by Gasteiger charge is -2.30. The highest BCUT2D eigenvalue weighted by atomic mass is 32.2. The van der Waals surface area contributed by atoms with Crippen LogP contribution in [0, 0.1) is 0 Å².